The lowest BCUT2D eigenvalue weighted by atomic mass is 10.1. The van der Waals surface area contributed by atoms with Crippen LogP contribution in [0.3, 0.4) is 0 Å². The zero-order chi connectivity index (χ0) is 13.8. The molecule has 0 atom stereocenters. The van der Waals surface area contributed by atoms with Crippen molar-refractivity contribution in [2.75, 3.05) is 5.73 Å². The van der Waals surface area contributed by atoms with E-state index in [0.717, 1.165) is 17.0 Å². The summed E-state index contributed by atoms with van der Waals surface area (Å²) >= 11 is 1.74. The average molecular weight is 272 g/mol. The van der Waals surface area contributed by atoms with Gasteiger partial charge in [-0.15, -0.1) is 11.8 Å². The number of nitrogen functional groups attached to an aromatic ring is 1. The molecule has 0 aliphatic carbocycles. The maximum atomic E-state index is 11.1. The number of rotatable bonds is 4. The summed E-state index contributed by atoms with van der Waals surface area (Å²) in [6.07, 6.45) is 0. The van der Waals surface area contributed by atoms with Crippen molar-refractivity contribution in [3.05, 3.63) is 59.2 Å². The molecule has 0 aliphatic heterocycles. The molecule has 4 heteroatoms. The molecule has 0 saturated carbocycles. The number of thioether (sulfide) groups is 1. The fraction of sp³-hybridized carbons (Fsp3) is 0.133. The van der Waals surface area contributed by atoms with Gasteiger partial charge in [-0.2, -0.15) is 0 Å². The van der Waals surface area contributed by atoms with Gasteiger partial charge in [-0.1, -0.05) is 6.07 Å². The normalized spacial score (nSPS) is 10.4. The third kappa shape index (κ3) is 3.51. The third-order valence-electron chi connectivity index (χ3n) is 2.90. The number of hydrogen-bond donors (Lipinski definition) is 2. The molecule has 0 fully saturated rings. The van der Waals surface area contributed by atoms with Gasteiger partial charge in [0.25, 0.3) is 0 Å². The molecule has 2 rings (SSSR count). The van der Waals surface area contributed by atoms with E-state index in [1.165, 1.54) is 10.5 Å². The lowest BCUT2D eigenvalue weighted by molar-refractivity contribution is 0.1000. The lowest BCUT2D eigenvalue weighted by Gasteiger charge is -2.07. The van der Waals surface area contributed by atoms with Crippen LogP contribution < -0.4 is 11.5 Å². The van der Waals surface area contributed by atoms with Gasteiger partial charge in [0.05, 0.1) is 0 Å². The van der Waals surface area contributed by atoms with Crippen molar-refractivity contribution < 1.29 is 4.79 Å². The molecule has 0 heterocycles. The van der Waals surface area contributed by atoms with Crippen LogP contribution in [0.2, 0.25) is 0 Å². The number of hydrogen-bond acceptors (Lipinski definition) is 3. The van der Waals surface area contributed by atoms with E-state index in [1.807, 2.05) is 43.3 Å². The highest BCUT2D eigenvalue weighted by Crippen LogP contribution is 2.25. The van der Waals surface area contributed by atoms with Gasteiger partial charge in [-0.05, 0) is 54.4 Å². The summed E-state index contributed by atoms with van der Waals surface area (Å²) in [6, 6.07) is 13.4. The van der Waals surface area contributed by atoms with E-state index < -0.39 is 0 Å². The van der Waals surface area contributed by atoms with E-state index >= 15 is 0 Å². The largest absolute Gasteiger partial charge is 0.399 e. The zero-order valence-corrected chi connectivity index (χ0v) is 11.5. The van der Waals surface area contributed by atoms with Crippen molar-refractivity contribution >= 4 is 23.4 Å². The van der Waals surface area contributed by atoms with Crippen molar-refractivity contribution in [3.8, 4) is 0 Å². The number of amides is 1. The highest BCUT2D eigenvalue weighted by molar-refractivity contribution is 7.98. The second kappa shape index (κ2) is 5.80. The number of primary amides is 1. The number of carbonyl (C=O) groups excluding carboxylic acids is 1. The summed E-state index contributed by atoms with van der Waals surface area (Å²) in [5.74, 6) is 0.468. The van der Waals surface area contributed by atoms with Gasteiger partial charge >= 0.3 is 0 Å². The van der Waals surface area contributed by atoms with Crippen LogP contribution in [0.4, 0.5) is 5.69 Å². The summed E-state index contributed by atoms with van der Waals surface area (Å²) in [4.78, 5) is 12.3. The molecule has 4 N–H and O–H groups in total. The molecule has 0 aromatic heterocycles. The van der Waals surface area contributed by atoms with Gasteiger partial charge in [-0.3, -0.25) is 4.79 Å². The minimum atomic E-state index is -0.388. The fourth-order valence-corrected chi connectivity index (χ4v) is 2.71. The molecular weight excluding hydrogens is 256 g/mol. The van der Waals surface area contributed by atoms with Gasteiger partial charge in [-0.25, -0.2) is 0 Å². The Morgan fingerprint density at radius 1 is 1.16 bits per heavy atom. The predicted octanol–water partition coefficient (Wildman–Crippen LogP) is 2.97. The van der Waals surface area contributed by atoms with Crippen molar-refractivity contribution in [2.24, 2.45) is 5.73 Å². The first-order valence-electron chi connectivity index (χ1n) is 5.94. The van der Waals surface area contributed by atoms with Crippen molar-refractivity contribution in [2.45, 2.75) is 17.6 Å². The highest BCUT2D eigenvalue weighted by atomic mass is 32.2. The lowest BCUT2D eigenvalue weighted by Crippen LogP contribution is -2.11. The van der Waals surface area contributed by atoms with Gasteiger partial charge < -0.3 is 11.5 Å². The van der Waals surface area contributed by atoms with Crippen LogP contribution in [-0.4, -0.2) is 5.91 Å². The first-order chi connectivity index (χ1) is 9.06. The Morgan fingerprint density at radius 3 is 2.42 bits per heavy atom. The SMILES string of the molecule is Cc1cc(C(N)=O)ccc1CSc1ccc(N)cc1. The number of anilines is 1. The van der Waals surface area contributed by atoms with E-state index in [2.05, 4.69) is 0 Å². The predicted molar refractivity (Wildman–Crippen MR) is 80.1 cm³/mol. The Hall–Kier alpha value is -1.94. The molecule has 0 aliphatic rings. The summed E-state index contributed by atoms with van der Waals surface area (Å²) in [5.41, 5.74) is 14.5. The standard InChI is InChI=1S/C15H16N2OS/c1-10-8-11(15(17)18)2-3-12(10)9-19-14-6-4-13(16)5-7-14/h2-8H,9,16H2,1H3,(H2,17,18). The van der Waals surface area contributed by atoms with E-state index in [4.69, 9.17) is 11.5 Å². The Bertz CT molecular complexity index is 594. The third-order valence-corrected chi connectivity index (χ3v) is 3.96. The molecule has 0 spiro atoms. The minimum Gasteiger partial charge on any atom is -0.399 e. The van der Waals surface area contributed by atoms with E-state index in [9.17, 15) is 4.79 Å². The van der Waals surface area contributed by atoms with E-state index in [1.54, 1.807) is 17.8 Å². The smallest absolute Gasteiger partial charge is 0.248 e. The first-order valence-corrected chi connectivity index (χ1v) is 6.92. The van der Waals surface area contributed by atoms with E-state index in [0.29, 0.717) is 5.56 Å². The summed E-state index contributed by atoms with van der Waals surface area (Å²) in [5, 5.41) is 0. The van der Waals surface area contributed by atoms with Crippen LogP contribution in [0.5, 0.6) is 0 Å². The van der Waals surface area contributed by atoms with Crippen LogP contribution in [0.1, 0.15) is 21.5 Å². The molecule has 0 bridgehead atoms. The van der Waals surface area contributed by atoms with Gasteiger partial charge in [0.15, 0.2) is 0 Å². The molecule has 2 aromatic carbocycles. The number of aryl methyl sites for hydroxylation is 1. The quantitative estimate of drug-likeness (QED) is 0.664. The maximum Gasteiger partial charge on any atom is 0.248 e. The number of nitrogens with two attached hydrogens (primary N) is 2. The Morgan fingerprint density at radius 2 is 1.84 bits per heavy atom. The Balaban J connectivity index is 2.07. The second-order valence-corrected chi connectivity index (χ2v) is 5.41. The second-order valence-electron chi connectivity index (χ2n) is 4.36. The molecule has 0 saturated heterocycles. The van der Waals surface area contributed by atoms with Crippen LogP contribution in [0.25, 0.3) is 0 Å². The van der Waals surface area contributed by atoms with Crippen molar-refractivity contribution in [3.63, 3.8) is 0 Å². The summed E-state index contributed by atoms with van der Waals surface area (Å²) < 4.78 is 0. The topological polar surface area (TPSA) is 69.1 Å². The molecule has 2 aromatic rings. The average Bonchev–Trinajstić information content (AvgIpc) is 2.39. The van der Waals surface area contributed by atoms with Gasteiger partial charge in [0.1, 0.15) is 0 Å². The molecule has 19 heavy (non-hydrogen) atoms. The molecule has 1 amide bonds. The number of carbonyl (C=O) groups is 1. The van der Waals surface area contributed by atoms with Gasteiger partial charge in [0, 0.05) is 21.9 Å². The Kier molecular flexibility index (Phi) is 4.12. The number of benzene rings is 2. The minimum absolute atomic E-state index is 0.388. The monoisotopic (exact) mass is 272 g/mol. The maximum absolute atomic E-state index is 11.1. The van der Waals surface area contributed by atoms with Crippen molar-refractivity contribution in [1.82, 2.24) is 0 Å². The van der Waals surface area contributed by atoms with Gasteiger partial charge in [0.2, 0.25) is 5.91 Å². The molecular formula is C15H16N2OS. The fourth-order valence-electron chi connectivity index (χ4n) is 1.74. The molecule has 98 valence electrons. The van der Waals surface area contributed by atoms with E-state index in [-0.39, 0.29) is 5.91 Å². The molecule has 0 radical (unpaired) electrons. The van der Waals surface area contributed by atoms with Crippen LogP contribution in [-0.2, 0) is 5.75 Å². The van der Waals surface area contributed by atoms with Crippen molar-refractivity contribution in [1.29, 1.82) is 0 Å². The summed E-state index contributed by atoms with van der Waals surface area (Å²) in [6.45, 7) is 1.99. The molecule has 3 nitrogen and oxygen atoms in total. The first kappa shape index (κ1) is 13.5. The molecule has 0 unspecified atom stereocenters. The van der Waals surface area contributed by atoms with Crippen LogP contribution in [0, 0.1) is 6.92 Å². The highest BCUT2D eigenvalue weighted by Gasteiger charge is 2.04. The van der Waals surface area contributed by atoms with Crippen LogP contribution >= 0.6 is 11.8 Å². The Labute approximate surface area is 117 Å². The van der Waals surface area contributed by atoms with Crippen LogP contribution in [0.15, 0.2) is 47.4 Å². The zero-order valence-electron chi connectivity index (χ0n) is 10.7. The summed E-state index contributed by atoms with van der Waals surface area (Å²) in [7, 11) is 0.